The zero-order valence-corrected chi connectivity index (χ0v) is 19.0. The molecule has 0 aliphatic carbocycles. The number of aromatic carboxylic acids is 1. The van der Waals surface area contributed by atoms with E-state index in [0.29, 0.717) is 24.7 Å². The van der Waals surface area contributed by atoms with Crippen LogP contribution in [0.15, 0.2) is 77.2 Å². The van der Waals surface area contributed by atoms with E-state index >= 15 is 0 Å². The Morgan fingerprint density at radius 2 is 1.71 bits per heavy atom. The van der Waals surface area contributed by atoms with E-state index in [1.165, 1.54) is 13.2 Å². The Balaban J connectivity index is 1.31. The van der Waals surface area contributed by atoms with E-state index < -0.39 is 5.97 Å². The number of carboxylic acid groups (broad SMARTS) is 1. The fourth-order valence-corrected chi connectivity index (χ4v) is 3.40. The number of aromatic nitrogens is 1. The van der Waals surface area contributed by atoms with Crippen LogP contribution >= 0.6 is 0 Å². The van der Waals surface area contributed by atoms with Gasteiger partial charge in [-0.05, 0) is 48.9 Å². The van der Waals surface area contributed by atoms with Gasteiger partial charge in [0, 0.05) is 18.1 Å². The molecular weight excluding hydrogens is 434 g/mol. The van der Waals surface area contributed by atoms with Gasteiger partial charge in [-0.1, -0.05) is 30.3 Å². The Hall–Kier alpha value is -4.26. The molecular formula is C27H25NO6. The number of ether oxygens (including phenoxy) is 3. The fraction of sp³-hybridized carbons (Fsp3) is 0.185. The molecule has 0 amide bonds. The maximum atomic E-state index is 11.4. The summed E-state index contributed by atoms with van der Waals surface area (Å²) in [7, 11) is 1.52. The maximum absolute atomic E-state index is 11.4. The standard InChI is InChI=1S/C27H25NO6/c1-18-24(28-26(34-18)20-6-4-3-5-7-20)14-15-32-21-10-8-19(9-11-21)17-33-25-16-22(31-2)12-13-23(25)27(29)30/h3-13,16H,14-15,17H2,1-2H3,(H,29,30). The maximum Gasteiger partial charge on any atom is 0.339 e. The van der Waals surface area contributed by atoms with Gasteiger partial charge in [0.15, 0.2) is 0 Å². The normalized spacial score (nSPS) is 10.6. The molecule has 0 bridgehead atoms. The number of rotatable bonds is 10. The lowest BCUT2D eigenvalue weighted by Crippen LogP contribution is -2.04. The third-order valence-electron chi connectivity index (χ3n) is 5.26. The van der Waals surface area contributed by atoms with Crippen LogP contribution in [-0.2, 0) is 13.0 Å². The minimum Gasteiger partial charge on any atom is -0.497 e. The fourth-order valence-electron chi connectivity index (χ4n) is 3.40. The van der Waals surface area contributed by atoms with E-state index in [1.807, 2.05) is 61.5 Å². The molecule has 174 valence electrons. The predicted octanol–water partition coefficient (Wildman–Crippen LogP) is 5.56. The summed E-state index contributed by atoms with van der Waals surface area (Å²) < 4.78 is 22.6. The van der Waals surface area contributed by atoms with E-state index in [0.717, 1.165) is 28.3 Å². The second-order valence-corrected chi connectivity index (χ2v) is 7.59. The lowest BCUT2D eigenvalue weighted by molar-refractivity contribution is 0.0691. The Morgan fingerprint density at radius 1 is 0.971 bits per heavy atom. The average Bonchev–Trinajstić information content (AvgIpc) is 3.24. The summed E-state index contributed by atoms with van der Waals surface area (Å²) in [5.41, 5.74) is 2.78. The van der Waals surface area contributed by atoms with Crippen LogP contribution in [0.4, 0.5) is 0 Å². The minimum absolute atomic E-state index is 0.0827. The van der Waals surface area contributed by atoms with Crippen LogP contribution in [0.1, 0.15) is 27.4 Å². The first-order chi connectivity index (χ1) is 16.5. The van der Waals surface area contributed by atoms with Gasteiger partial charge in [0.2, 0.25) is 5.89 Å². The molecule has 1 heterocycles. The van der Waals surface area contributed by atoms with Crippen LogP contribution in [0.25, 0.3) is 11.5 Å². The number of benzene rings is 3. The van der Waals surface area contributed by atoms with Gasteiger partial charge < -0.3 is 23.7 Å². The lowest BCUT2D eigenvalue weighted by Gasteiger charge is -2.11. The number of methoxy groups -OCH3 is 1. The topological polar surface area (TPSA) is 91.0 Å². The van der Waals surface area contributed by atoms with Crippen LogP contribution in [0, 0.1) is 6.92 Å². The zero-order valence-electron chi connectivity index (χ0n) is 19.0. The predicted molar refractivity (Wildman–Crippen MR) is 127 cm³/mol. The number of carboxylic acids is 1. The van der Waals surface area contributed by atoms with Crippen LogP contribution in [0.3, 0.4) is 0 Å². The van der Waals surface area contributed by atoms with Gasteiger partial charge in [0.1, 0.15) is 35.2 Å². The Bertz CT molecular complexity index is 1250. The van der Waals surface area contributed by atoms with Gasteiger partial charge in [-0.25, -0.2) is 9.78 Å². The zero-order chi connectivity index (χ0) is 23.9. The molecule has 3 aromatic carbocycles. The highest BCUT2D eigenvalue weighted by molar-refractivity contribution is 5.91. The smallest absolute Gasteiger partial charge is 0.339 e. The number of oxazole rings is 1. The Labute approximate surface area is 197 Å². The molecule has 7 heteroatoms. The van der Waals surface area contributed by atoms with Gasteiger partial charge in [0.25, 0.3) is 0 Å². The van der Waals surface area contributed by atoms with Crippen LogP contribution in [-0.4, -0.2) is 29.8 Å². The number of carbonyl (C=O) groups is 1. The van der Waals surface area contributed by atoms with Crippen molar-refractivity contribution in [2.45, 2.75) is 20.0 Å². The van der Waals surface area contributed by atoms with Crippen molar-refractivity contribution in [3.8, 4) is 28.7 Å². The first-order valence-corrected chi connectivity index (χ1v) is 10.8. The first kappa shape index (κ1) is 22.9. The van der Waals surface area contributed by atoms with Crippen LogP contribution in [0.5, 0.6) is 17.2 Å². The van der Waals surface area contributed by atoms with Crippen molar-refractivity contribution in [1.82, 2.24) is 4.98 Å². The van der Waals surface area contributed by atoms with Gasteiger partial charge in [-0.15, -0.1) is 0 Å². The van der Waals surface area contributed by atoms with Crippen molar-refractivity contribution in [2.24, 2.45) is 0 Å². The third-order valence-corrected chi connectivity index (χ3v) is 5.26. The number of hydrogen-bond donors (Lipinski definition) is 1. The molecule has 1 aromatic heterocycles. The number of hydrogen-bond acceptors (Lipinski definition) is 6. The highest BCUT2D eigenvalue weighted by Gasteiger charge is 2.13. The Morgan fingerprint density at radius 3 is 2.41 bits per heavy atom. The summed E-state index contributed by atoms with van der Waals surface area (Å²) >= 11 is 0. The minimum atomic E-state index is -1.06. The first-order valence-electron chi connectivity index (χ1n) is 10.8. The van der Waals surface area contributed by atoms with Crippen molar-refractivity contribution >= 4 is 5.97 Å². The summed E-state index contributed by atoms with van der Waals surface area (Å²) in [5, 5.41) is 9.36. The van der Waals surface area contributed by atoms with Crippen molar-refractivity contribution < 1.29 is 28.5 Å². The molecule has 0 saturated carbocycles. The van der Waals surface area contributed by atoms with Gasteiger partial charge in [-0.2, -0.15) is 0 Å². The van der Waals surface area contributed by atoms with Crippen molar-refractivity contribution in [3.63, 3.8) is 0 Å². The largest absolute Gasteiger partial charge is 0.497 e. The van der Waals surface area contributed by atoms with Crippen LogP contribution in [0.2, 0.25) is 0 Å². The summed E-state index contributed by atoms with van der Waals surface area (Å²) in [6.45, 7) is 2.58. The molecule has 0 unspecified atom stereocenters. The summed E-state index contributed by atoms with van der Waals surface area (Å²) in [5.74, 6) is 1.85. The quantitative estimate of drug-likeness (QED) is 0.332. The van der Waals surface area contributed by atoms with E-state index in [-0.39, 0.29) is 17.9 Å². The highest BCUT2D eigenvalue weighted by atomic mass is 16.5. The molecule has 0 spiro atoms. The molecule has 0 aliphatic heterocycles. The highest BCUT2D eigenvalue weighted by Crippen LogP contribution is 2.26. The number of nitrogens with zero attached hydrogens (tertiary/aromatic N) is 1. The summed E-state index contributed by atoms with van der Waals surface area (Å²) in [6, 6.07) is 21.9. The molecule has 4 aromatic rings. The van der Waals surface area contributed by atoms with E-state index in [9.17, 15) is 9.90 Å². The molecule has 34 heavy (non-hydrogen) atoms. The van der Waals surface area contributed by atoms with E-state index in [2.05, 4.69) is 4.98 Å². The second kappa shape index (κ2) is 10.6. The van der Waals surface area contributed by atoms with Crippen molar-refractivity contribution in [3.05, 3.63) is 95.4 Å². The van der Waals surface area contributed by atoms with Crippen molar-refractivity contribution in [2.75, 3.05) is 13.7 Å². The van der Waals surface area contributed by atoms with E-state index in [4.69, 9.17) is 18.6 Å². The summed E-state index contributed by atoms with van der Waals surface area (Å²) in [4.78, 5) is 16.0. The lowest BCUT2D eigenvalue weighted by atomic mass is 10.2. The Kier molecular flexibility index (Phi) is 7.13. The third kappa shape index (κ3) is 5.56. The number of aryl methyl sites for hydroxylation is 1. The molecule has 0 saturated heterocycles. The van der Waals surface area contributed by atoms with E-state index in [1.54, 1.807) is 12.1 Å². The SMILES string of the molecule is COc1ccc(C(=O)O)c(OCc2ccc(OCCc3nc(-c4ccccc4)oc3C)cc2)c1. The molecule has 7 nitrogen and oxygen atoms in total. The van der Waals surface area contributed by atoms with Gasteiger partial charge >= 0.3 is 5.97 Å². The molecule has 0 fully saturated rings. The monoisotopic (exact) mass is 459 g/mol. The van der Waals surface area contributed by atoms with Gasteiger partial charge in [0.05, 0.1) is 19.4 Å². The summed E-state index contributed by atoms with van der Waals surface area (Å²) in [6.07, 6.45) is 0.626. The molecule has 4 rings (SSSR count). The van der Waals surface area contributed by atoms with Crippen molar-refractivity contribution in [1.29, 1.82) is 0 Å². The second-order valence-electron chi connectivity index (χ2n) is 7.59. The molecule has 0 atom stereocenters. The average molecular weight is 459 g/mol. The molecule has 0 aliphatic rings. The molecule has 0 radical (unpaired) electrons. The van der Waals surface area contributed by atoms with Crippen LogP contribution < -0.4 is 14.2 Å². The van der Waals surface area contributed by atoms with Gasteiger partial charge in [-0.3, -0.25) is 0 Å². The molecule has 1 N–H and O–H groups in total.